The van der Waals surface area contributed by atoms with Crippen LogP contribution in [-0.2, 0) is 11.2 Å². The van der Waals surface area contributed by atoms with Gasteiger partial charge < -0.3 is 15.4 Å². The summed E-state index contributed by atoms with van der Waals surface area (Å²) >= 11 is 0. The average molecular weight is 276 g/mol. The van der Waals surface area contributed by atoms with E-state index in [9.17, 15) is 4.79 Å². The number of fused-ring (bicyclic) bond motifs is 1. The summed E-state index contributed by atoms with van der Waals surface area (Å²) < 4.78 is 5.83. The number of rotatable bonds is 6. The molecule has 0 heterocycles. The van der Waals surface area contributed by atoms with Gasteiger partial charge in [-0.3, -0.25) is 4.79 Å². The van der Waals surface area contributed by atoms with Gasteiger partial charge in [-0.15, -0.1) is 0 Å². The molecule has 1 aromatic carbocycles. The SMILES string of the molecule is CCNC(=O)CCOc1cccc2c1CCCC2NC. The molecule has 1 atom stereocenters. The second-order valence-electron chi connectivity index (χ2n) is 5.11. The second kappa shape index (κ2) is 7.29. The van der Waals surface area contributed by atoms with E-state index in [4.69, 9.17) is 4.74 Å². The molecular weight excluding hydrogens is 252 g/mol. The summed E-state index contributed by atoms with van der Waals surface area (Å²) in [6, 6.07) is 6.64. The van der Waals surface area contributed by atoms with Crippen LogP contribution in [0, 0.1) is 0 Å². The molecule has 0 spiro atoms. The topological polar surface area (TPSA) is 50.4 Å². The molecule has 110 valence electrons. The van der Waals surface area contributed by atoms with E-state index in [1.165, 1.54) is 24.0 Å². The number of nitrogens with one attached hydrogen (secondary N) is 2. The van der Waals surface area contributed by atoms with Gasteiger partial charge in [-0.2, -0.15) is 0 Å². The predicted octanol–water partition coefficient (Wildman–Crippen LogP) is 2.19. The van der Waals surface area contributed by atoms with Gasteiger partial charge in [-0.1, -0.05) is 12.1 Å². The molecule has 0 saturated carbocycles. The Morgan fingerprint density at radius 3 is 3.05 bits per heavy atom. The van der Waals surface area contributed by atoms with Gasteiger partial charge in [-0.25, -0.2) is 0 Å². The Bertz CT molecular complexity index is 460. The maximum absolute atomic E-state index is 11.4. The van der Waals surface area contributed by atoms with Crippen LogP contribution < -0.4 is 15.4 Å². The lowest BCUT2D eigenvalue weighted by molar-refractivity contribution is -0.121. The molecule has 2 rings (SSSR count). The Hall–Kier alpha value is -1.55. The molecule has 4 heteroatoms. The van der Waals surface area contributed by atoms with Crippen LogP contribution in [0.2, 0.25) is 0 Å². The maximum atomic E-state index is 11.4. The zero-order chi connectivity index (χ0) is 14.4. The largest absolute Gasteiger partial charge is 0.493 e. The third-order valence-electron chi connectivity index (χ3n) is 3.77. The quantitative estimate of drug-likeness (QED) is 0.837. The minimum Gasteiger partial charge on any atom is -0.493 e. The van der Waals surface area contributed by atoms with Crippen molar-refractivity contribution in [3.63, 3.8) is 0 Å². The highest BCUT2D eigenvalue weighted by atomic mass is 16.5. The molecule has 0 bridgehead atoms. The number of ether oxygens (including phenoxy) is 1. The van der Waals surface area contributed by atoms with Gasteiger partial charge in [0.25, 0.3) is 0 Å². The van der Waals surface area contributed by atoms with Crippen molar-refractivity contribution in [3.8, 4) is 5.75 Å². The summed E-state index contributed by atoms with van der Waals surface area (Å²) in [6.07, 6.45) is 3.82. The molecule has 0 aromatic heterocycles. The van der Waals surface area contributed by atoms with Crippen LogP contribution in [0.15, 0.2) is 18.2 Å². The van der Waals surface area contributed by atoms with E-state index in [0.717, 1.165) is 12.2 Å². The molecule has 1 aliphatic carbocycles. The zero-order valence-corrected chi connectivity index (χ0v) is 12.4. The summed E-state index contributed by atoms with van der Waals surface area (Å²) in [5.74, 6) is 0.983. The van der Waals surface area contributed by atoms with Crippen LogP contribution in [0.1, 0.15) is 43.4 Å². The van der Waals surface area contributed by atoms with Gasteiger partial charge in [0.1, 0.15) is 5.75 Å². The number of carbonyl (C=O) groups excluding carboxylic acids is 1. The lowest BCUT2D eigenvalue weighted by atomic mass is 9.87. The highest BCUT2D eigenvalue weighted by molar-refractivity contribution is 5.75. The van der Waals surface area contributed by atoms with E-state index >= 15 is 0 Å². The molecule has 4 nitrogen and oxygen atoms in total. The van der Waals surface area contributed by atoms with Gasteiger partial charge in [0, 0.05) is 12.6 Å². The molecule has 0 saturated heterocycles. The number of carbonyl (C=O) groups is 1. The monoisotopic (exact) mass is 276 g/mol. The second-order valence-corrected chi connectivity index (χ2v) is 5.11. The molecule has 1 unspecified atom stereocenters. The molecule has 1 amide bonds. The van der Waals surface area contributed by atoms with Crippen LogP contribution in [0.3, 0.4) is 0 Å². The molecule has 2 N–H and O–H groups in total. The van der Waals surface area contributed by atoms with Crippen LogP contribution in [0.25, 0.3) is 0 Å². The molecule has 0 fully saturated rings. The van der Waals surface area contributed by atoms with Crippen molar-refractivity contribution in [2.75, 3.05) is 20.2 Å². The fourth-order valence-corrected chi connectivity index (χ4v) is 2.79. The summed E-state index contributed by atoms with van der Waals surface area (Å²) in [5, 5.41) is 6.14. The van der Waals surface area contributed by atoms with E-state index in [1.807, 2.05) is 26.1 Å². The number of hydrogen-bond donors (Lipinski definition) is 2. The molecule has 0 aliphatic heterocycles. The molecule has 0 radical (unpaired) electrons. The van der Waals surface area contributed by atoms with Gasteiger partial charge in [0.15, 0.2) is 0 Å². The van der Waals surface area contributed by atoms with E-state index in [-0.39, 0.29) is 5.91 Å². The van der Waals surface area contributed by atoms with E-state index < -0.39 is 0 Å². The fraction of sp³-hybridized carbons (Fsp3) is 0.562. The van der Waals surface area contributed by atoms with E-state index in [0.29, 0.717) is 25.6 Å². The minimum absolute atomic E-state index is 0.0467. The molecule has 1 aliphatic rings. The van der Waals surface area contributed by atoms with Crippen LogP contribution >= 0.6 is 0 Å². The fourth-order valence-electron chi connectivity index (χ4n) is 2.79. The maximum Gasteiger partial charge on any atom is 0.223 e. The summed E-state index contributed by atoms with van der Waals surface area (Å²) in [7, 11) is 2.00. The Morgan fingerprint density at radius 2 is 2.30 bits per heavy atom. The van der Waals surface area contributed by atoms with Gasteiger partial charge in [0.05, 0.1) is 13.0 Å². The van der Waals surface area contributed by atoms with E-state index in [1.54, 1.807) is 0 Å². The van der Waals surface area contributed by atoms with E-state index in [2.05, 4.69) is 16.7 Å². The van der Waals surface area contributed by atoms with Crippen LogP contribution in [-0.4, -0.2) is 26.1 Å². The highest BCUT2D eigenvalue weighted by Crippen LogP contribution is 2.35. The van der Waals surface area contributed by atoms with Crippen molar-refractivity contribution in [1.29, 1.82) is 0 Å². The normalized spacial score (nSPS) is 17.4. The van der Waals surface area contributed by atoms with Crippen molar-refractivity contribution in [2.45, 2.75) is 38.6 Å². The first-order valence-corrected chi connectivity index (χ1v) is 7.44. The third kappa shape index (κ3) is 3.51. The summed E-state index contributed by atoms with van der Waals surface area (Å²) in [5.41, 5.74) is 2.64. The van der Waals surface area contributed by atoms with Crippen molar-refractivity contribution >= 4 is 5.91 Å². The van der Waals surface area contributed by atoms with Crippen molar-refractivity contribution in [2.24, 2.45) is 0 Å². The Labute approximate surface area is 120 Å². The lowest BCUT2D eigenvalue weighted by Gasteiger charge is -2.26. The Kier molecular flexibility index (Phi) is 5.41. The van der Waals surface area contributed by atoms with Crippen molar-refractivity contribution in [3.05, 3.63) is 29.3 Å². The Morgan fingerprint density at radius 1 is 1.45 bits per heavy atom. The number of hydrogen-bond acceptors (Lipinski definition) is 3. The van der Waals surface area contributed by atoms with Crippen molar-refractivity contribution < 1.29 is 9.53 Å². The van der Waals surface area contributed by atoms with Crippen molar-refractivity contribution in [1.82, 2.24) is 10.6 Å². The molecule has 1 aromatic rings. The molecular formula is C16H24N2O2. The highest BCUT2D eigenvalue weighted by Gasteiger charge is 2.21. The standard InChI is InChI=1S/C16H24N2O2/c1-3-18-16(19)10-11-20-15-9-5-6-12-13(15)7-4-8-14(12)17-2/h5-6,9,14,17H,3-4,7-8,10-11H2,1-2H3,(H,18,19). The van der Waals surface area contributed by atoms with Gasteiger partial charge >= 0.3 is 0 Å². The first-order valence-electron chi connectivity index (χ1n) is 7.44. The summed E-state index contributed by atoms with van der Waals surface area (Å²) in [4.78, 5) is 11.4. The predicted molar refractivity (Wildman–Crippen MR) is 80.0 cm³/mol. The van der Waals surface area contributed by atoms with Gasteiger partial charge in [0.2, 0.25) is 5.91 Å². The molecule has 20 heavy (non-hydrogen) atoms. The number of amides is 1. The first kappa shape index (κ1) is 14.9. The average Bonchev–Trinajstić information content (AvgIpc) is 2.47. The summed E-state index contributed by atoms with van der Waals surface area (Å²) in [6.45, 7) is 3.03. The smallest absolute Gasteiger partial charge is 0.223 e. The zero-order valence-electron chi connectivity index (χ0n) is 12.4. The number of benzene rings is 1. The first-order chi connectivity index (χ1) is 9.76. The van der Waals surface area contributed by atoms with Crippen LogP contribution in [0.5, 0.6) is 5.75 Å². The Balaban J connectivity index is 2.00. The lowest BCUT2D eigenvalue weighted by Crippen LogP contribution is -2.25. The minimum atomic E-state index is 0.0467. The third-order valence-corrected chi connectivity index (χ3v) is 3.77. The van der Waals surface area contributed by atoms with Crippen LogP contribution in [0.4, 0.5) is 0 Å². The van der Waals surface area contributed by atoms with Gasteiger partial charge in [-0.05, 0) is 50.4 Å².